The second kappa shape index (κ2) is 5.45. The van der Waals surface area contributed by atoms with Gasteiger partial charge in [0.05, 0.1) is 11.9 Å². The Hall–Kier alpha value is -0.170. The zero-order valence-corrected chi connectivity index (χ0v) is 11.8. The molecule has 3 aliphatic rings. The van der Waals surface area contributed by atoms with Crippen LogP contribution in [0, 0.1) is 23.7 Å². The Kier molecular flexibility index (Phi) is 3.89. The molecule has 3 rings (SSSR count). The van der Waals surface area contributed by atoms with E-state index in [-0.39, 0.29) is 0 Å². The Balaban J connectivity index is 1.52. The lowest BCUT2D eigenvalue weighted by Gasteiger charge is -2.57. The molecule has 18 heavy (non-hydrogen) atoms. The molecule has 0 amide bonds. The van der Waals surface area contributed by atoms with Crippen LogP contribution in [0.1, 0.15) is 32.1 Å². The number of ether oxygens (including phenoxy) is 1. The third kappa shape index (κ3) is 1.99. The van der Waals surface area contributed by atoms with Gasteiger partial charge in [-0.1, -0.05) is 18.8 Å². The van der Waals surface area contributed by atoms with Crippen LogP contribution in [0.4, 0.5) is 0 Å². The van der Waals surface area contributed by atoms with Crippen molar-refractivity contribution in [2.75, 3.05) is 24.7 Å². The SMILES string of the molecule is C#CCSCCNC1C2CCOC2C12CCCC2. The average Bonchev–Trinajstić information content (AvgIpc) is 3.01. The molecule has 3 fully saturated rings. The molecule has 3 unspecified atom stereocenters. The van der Waals surface area contributed by atoms with Crippen molar-refractivity contribution in [1.29, 1.82) is 0 Å². The van der Waals surface area contributed by atoms with Gasteiger partial charge in [0.1, 0.15) is 0 Å². The van der Waals surface area contributed by atoms with Gasteiger partial charge in [0.25, 0.3) is 0 Å². The highest BCUT2D eigenvalue weighted by molar-refractivity contribution is 7.99. The summed E-state index contributed by atoms with van der Waals surface area (Å²) in [6, 6.07) is 0.721. The van der Waals surface area contributed by atoms with Crippen molar-refractivity contribution in [2.45, 2.75) is 44.2 Å². The van der Waals surface area contributed by atoms with Crippen molar-refractivity contribution in [2.24, 2.45) is 11.3 Å². The topological polar surface area (TPSA) is 21.3 Å². The van der Waals surface area contributed by atoms with Gasteiger partial charge in [-0.25, -0.2) is 0 Å². The Morgan fingerprint density at radius 1 is 1.39 bits per heavy atom. The van der Waals surface area contributed by atoms with Gasteiger partial charge >= 0.3 is 0 Å². The van der Waals surface area contributed by atoms with Crippen LogP contribution in [-0.4, -0.2) is 36.8 Å². The quantitative estimate of drug-likeness (QED) is 0.609. The summed E-state index contributed by atoms with van der Waals surface area (Å²) in [5.41, 5.74) is 0.498. The molecule has 0 aromatic heterocycles. The third-order valence-corrected chi connectivity index (χ3v) is 5.95. The van der Waals surface area contributed by atoms with Gasteiger partial charge in [-0.3, -0.25) is 0 Å². The van der Waals surface area contributed by atoms with Gasteiger partial charge in [-0.2, -0.15) is 0 Å². The number of thioether (sulfide) groups is 1. The van der Waals surface area contributed by atoms with E-state index >= 15 is 0 Å². The van der Waals surface area contributed by atoms with Crippen LogP contribution in [0.2, 0.25) is 0 Å². The molecular weight excluding hydrogens is 242 g/mol. The molecule has 2 aliphatic carbocycles. The first-order valence-corrected chi connectivity index (χ1v) is 8.40. The van der Waals surface area contributed by atoms with Crippen LogP contribution in [0.25, 0.3) is 0 Å². The first-order chi connectivity index (χ1) is 8.88. The molecule has 1 aliphatic heterocycles. The molecule has 100 valence electrons. The maximum absolute atomic E-state index is 5.99. The Morgan fingerprint density at radius 3 is 3.00 bits per heavy atom. The summed E-state index contributed by atoms with van der Waals surface area (Å²) in [5, 5.41) is 3.81. The van der Waals surface area contributed by atoms with E-state index < -0.39 is 0 Å². The zero-order chi connectivity index (χ0) is 12.4. The maximum Gasteiger partial charge on any atom is 0.0690 e. The van der Waals surface area contributed by atoms with E-state index in [0.29, 0.717) is 11.5 Å². The minimum absolute atomic E-state index is 0.498. The highest BCUT2D eigenvalue weighted by Crippen LogP contribution is 2.60. The molecule has 0 radical (unpaired) electrons. The smallest absolute Gasteiger partial charge is 0.0690 e. The van der Waals surface area contributed by atoms with E-state index in [1.807, 2.05) is 11.8 Å². The van der Waals surface area contributed by atoms with Crippen LogP contribution >= 0.6 is 11.8 Å². The zero-order valence-electron chi connectivity index (χ0n) is 11.0. The molecule has 0 bridgehead atoms. The second-order valence-corrected chi connectivity index (χ2v) is 6.98. The Morgan fingerprint density at radius 2 is 2.22 bits per heavy atom. The predicted octanol–water partition coefficient (Wildman–Crippen LogP) is 2.29. The largest absolute Gasteiger partial charge is 0.377 e. The molecule has 1 N–H and O–H groups in total. The van der Waals surface area contributed by atoms with Crippen molar-refractivity contribution in [3.05, 3.63) is 0 Å². The van der Waals surface area contributed by atoms with Crippen LogP contribution in [0.15, 0.2) is 0 Å². The fourth-order valence-corrected chi connectivity index (χ4v) is 4.95. The lowest BCUT2D eigenvalue weighted by Crippen LogP contribution is -2.67. The molecule has 2 saturated carbocycles. The van der Waals surface area contributed by atoms with Crippen LogP contribution in [0.5, 0.6) is 0 Å². The summed E-state index contributed by atoms with van der Waals surface area (Å²) >= 11 is 1.86. The summed E-state index contributed by atoms with van der Waals surface area (Å²) < 4.78 is 5.99. The van der Waals surface area contributed by atoms with Gasteiger partial charge in [0.2, 0.25) is 0 Å². The van der Waals surface area contributed by atoms with Crippen molar-refractivity contribution < 1.29 is 4.74 Å². The maximum atomic E-state index is 5.99. The normalized spacial score (nSPS) is 36.3. The fourth-order valence-electron chi connectivity index (χ4n) is 4.43. The number of fused-ring (bicyclic) bond motifs is 2. The highest BCUT2D eigenvalue weighted by Gasteiger charge is 2.64. The minimum atomic E-state index is 0.498. The summed E-state index contributed by atoms with van der Waals surface area (Å²) in [7, 11) is 0. The second-order valence-electron chi connectivity index (χ2n) is 5.87. The molecule has 0 aromatic carbocycles. The van der Waals surface area contributed by atoms with Crippen molar-refractivity contribution in [1.82, 2.24) is 5.32 Å². The highest BCUT2D eigenvalue weighted by atomic mass is 32.2. The number of terminal acetylenes is 1. The standard InChI is InChI=1S/C15H23NOS/c1-2-10-18-11-8-16-13-12-5-9-17-14(12)15(13)6-3-4-7-15/h1,12-14,16H,3-11H2. The monoisotopic (exact) mass is 265 g/mol. The summed E-state index contributed by atoms with van der Waals surface area (Å²) in [6.45, 7) is 2.09. The first kappa shape index (κ1) is 12.8. The van der Waals surface area contributed by atoms with E-state index in [0.717, 1.165) is 36.6 Å². The molecule has 2 nitrogen and oxygen atoms in total. The van der Waals surface area contributed by atoms with Gasteiger partial charge in [-0.15, -0.1) is 18.2 Å². The van der Waals surface area contributed by atoms with E-state index in [4.69, 9.17) is 11.2 Å². The fraction of sp³-hybridized carbons (Fsp3) is 0.867. The van der Waals surface area contributed by atoms with E-state index in [2.05, 4.69) is 11.2 Å². The molecule has 1 spiro atoms. The predicted molar refractivity (Wildman–Crippen MR) is 76.7 cm³/mol. The summed E-state index contributed by atoms with van der Waals surface area (Å²) in [4.78, 5) is 0. The average molecular weight is 265 g/mol. The Bertz CT molecular complexity index is 332. The first-order valence-electron chi connectivity index (χ1n) is 7.25. The number of hydrogen-bond donors (Lipinski definition) is 1. The number of nitrogens with one attached hydrogen (secondary N) is 1. The van der Waals surface area contributed by atoms with Crippen molar-refractivity contribution in [3.8, 4) is 12.3 Å². The van der Waals surface area contributed by atoms with Gasteiger partial charge in [-0.05, 0) is 19.3 Å². The molecule has 3 heteroatoms. The van der Waals surface area contributed by atoms with Crippen LogP contribution < -0.4 is 5.32 Å². The van der Waals surface area contributed by atoms with E-state index in [9.17, 15) is 0 Å². The molecular formula is C15H23NOS. The van der Waals surface area contributed by atoms with E-state index in [1.165, 1.54) is 32.1 Å². The summed E-state index contributed by atoms with van der Waals surface area (Å²) in [5.74, 6) is 5.45. The lowest BCUT2D eigenvalue weighted by atomic mass is 9.54. The molecule has 1 heterocycles. The number of hydrogen-bond acceptors (Lipinski definition) is 3. The van der Waals surface area contributed by atoms with Crippen molar-refractivity contribution >= 4 is 11.8 Å². The van der Waals surface area contributed by atoms with E-state index in [1.54, 1.807) is 0 Å². The molecule has 0 aromatic rings. The van der Waals surface area contributed by atoms with Gasteiger partial charge in [0.15, 0.2) is 0 Å². The van der Waals surface area contributed by atoms with Crippen molar-refractivity contribution in [3.63, 3.8) is 0 Å². The van der Waals surface area contributed by atoms with Crippen LogP contribution in [0.3, 0.4) is 0 Å². The third-order valence-electron chi connectivity index (χ3n) is 5.08. The molecule has 3 atom stereocenters. The lowest BCUT2D eigenvalue weighted by molar-refractivity contribution is -0.129. The Labute approximate surface area is 115 Å². The van der Waals surface area contributed by atoms with Gasteiger partial charge < -0.3 is 10.1 Å². The number of rotatable bonds is 5. The summed E-state index contributed by atoms with van der Waals surface area (Å²) in [6.07, 6.45) is 12.7. The molecule has 1 saturated heterocycles. The minimum Gasteiger partial charge on any atom is -0.377 e. The van der Waals surface area contributed by atoms with Gasteiger partial charge in [0, 0.05) is 36.3 Å². The van der Waals surface area contributed by atoms with Crippen LogP contribution in [-0.2, 0) is 4.74 Å².